The largest absolute Gasteiger partial charge is 0.695 e. The van der Waals surface area contributed by atoms with Crippen LogP contribution < -0.4 is 14.8 Å². The smallest absolute Gasteiger partial charge is 0.497 e. The fourth-order valence-corrected chi connectivity index (χ4v) is 6.00. The van der Waals surface area contributed by atoms with E-state index in [1.54, 1.807) is 26.5 Å². The number of benzene rings is 3. The lowest BCUT2D eigenvalue weighted by Crippen LogP contribution is -2.37. The fourth-order valence-electron chi connectivity index (χ4n) is 5.50. The van der Waals surface area contributed by atoms with Crippen molar-refractivity contribution in [2.24, 2.45) is 5.92 Å². The Labute approximate surface area is 244 Å². The highest BCUT2D eigenvalue weighted by molar-refractivity contribution is 7.32. The number of nitrogens with zero attached hydrogens (tertiary/aromatic N) is 2. The number of rotatable bonds is 12. The summed E-state index contributed by atoms with van der Waals surface area (Å²) in [6.07, 6.45) is 0.414. The van der Waals surface area contributed by atoms with E-state index in [4.69, 9.17) is 18.7 Å². The molecule has 1 unspecified atom stereocenters. The second-order valence-electron chi connectivity index (χ2n) is 9.91. The van der Waals surface area contributed by atoms with Gasteiger partial charge in [-0.2, -0.15) is 0 Å². The molecule has 0 saturated heterocycles. The predicted octanol–water partition coefficient (Wildman–Crippen LogP) is 5.68. The van der Waals surface area contributed by atoms with Gasteiger partial charge in [0.1, 0.15) is 29.2 Å². The Morgan fingerprint density at radius 2 is 1.52 bits per heavy atom. The van der Waals surface area contributed by atoms with Crippen LogP contribution in [0.2, 0.25) is 0 Å². The Bertz CT molecular complexity index is 1400. The van der Waals surface area contributed by atoms with Crippen LogP contribution in [0.15, 0.2) is 97.5 Å². The number of methoxy groups -OCH3 is 2. The van der Waals surface area contributed by atoms with Crippen LogP contribution >= 0.6 is 8.25 Å². The minimum absolute atomic E-state index is 0.0170. The van der Waals surface area contributed by atoms with Gasteiger partial charge in [0.05, 0.1) is 26.9 Å². The first kappa shape index (κ1) is 29.5. The molecule has 3 aromatic carbocycles. The molecule has 0 amide bonds. The zero-order chi connectivity index (χ0) is 29.5. The van der Waals surface area contributed by atoms with E-state index in [9.17, 15) is 9.46 Å². The molecule has 11 heteroatoms. The minimum atomic E-state index is -3.05. The molecule has 9 nitrogen and oxygen atoms in total. The van der Waals surface area contributed by atoms with Crippen molar-refractivity contribution in [3.8, 4) is 11.5 Å². The number of alkyl halides is 1. The Morgan fingerprint density at radius 3 is 2.05 bits per heavy atom. The van der Waals surface area contributed by atoms with Crippen LogP contribution in [0.25, 0.3) is 0 Å². The van der Waals surface area contributed by atoms with E-state index in [2.05, 4.69) is 15.3 Å². The molecule has 4 aromatic rings. The molecule has 1 aliphatic rings. The number of halogens is 1. The lowest BCUT2D eigenvalue weighted by Gasteiger charge is -2.37. The van der Waals surface area contributed by atoms with Gasteiger partial charge in [-0.25, -0.2) is 14.4 Å². The normalized spacial score (nSPS) is 20.6. The lowest BCUT2D eigenvalue weighted by molar-refractivity contribution is -0.0326. The molecule has 5 rings (SSSR count). The molecule has 0 aliphatic heterocycles. The third-order valence-electron chi connectivity index (χ3n) is 7.53. The summed E-state index contributed by atoms with van der Waals surface area (Å²) in [5.74, 6) is 1.25. The van der Waals surface area contributed by atoms with Crippen molar-refractivity contribution in [2.45, 2.75) is 30.3 Å². The van der Waals surface area contributed by atoms with Crippen LogP contribution in [0.3, 0.4) is 0 Å². The average Bonchev–Trinajstić information content (AvgIpc) is 3.31. The van der Waals surface area contributed by atoms with Gasteiger partial charge in [-0.1, -0.05) is 54.6 Å². The first-order valence-corrected chi connectivity index (χ1v) is 14.6. The molecule has 0 spiro atoms. The van der Waals surface area contributed by atoms with Gasteiger partial charge in [0.15, 0.2) is 12.3 Å². The summed E-state index contributed by atoms with van der Waals surface area (Å²) in [6, 6.07) is 25.8. The van der Waals surface area contributed by atoms with Crippen molar-refractivity contribution in [1.82, 2.24) is 9.97 Å². The second-order valence-corrected chi connectivity index (χ2v) is 10.6. The lowest BCUT2D eigenvalue weighted by atomic mass is 9.79. The Kier molecular flexibility index (Phi) is 9.39. The molecule has 0 radical (unpaired) electrons. The molecule has 1 aliphatic carbocycles. The van der Waals surface area contributed by atoms with E-state index in [0.29, 0.717) is 17.3 Å². The van der Waals surface area contributed by atoms with Gasteiger partial charge in [0.2, 0.25) is 0 Å². The van der Waals surface area contributed by atoms with E-state index in [-0.39, 0.29) is 13.0 Å². The highest BCUT2D eigenvalue weighted by Gasteiger charge is 2.50. The number of ether oxygens (including phenoxy) is 3. The van der Waals surface area contributed by atoms with Crippen molar-refractivity contribution in [1.29, 1.82) is 0 Å². The van der Waals surface area contributed by atoms with Crippen LogP contribution in [-0.4, -0.2) is 54.0 Å². The van der Waals surface area contributed by atoms with Gasteiger partial charge >= 0.3 is 8.25 Å². The van der Waals surface area contributed by atoms with Crippen LogP contribution in [0, 0.1) is 5.92 Å². The minimum Gasteiger partial charge on any atom is -0.497 e. The zero-order valence-electron chi connectivity index (χ0n) is 23.2. The number of hydrogen-bond donors (Lipinski definition) is 2. The maximum absolute atomic E-state index is 15.8. The summed E-state index contributed by atoms with van der Waals surface area (Å²) < 4.78 is 50.5. The summed E-state index contributed by atoms with van der Waals surface area (Å²) in [6.45, 7) is 0.0170. The molecule has 1 saturated carbocycles. The highest BCUT2D eigenvalue weighted by Crippen LogP contribution is 2.44. The fraction of sp³-hybridized carbons (Fsp3) is 0.290. The zero-order valence-corrected chi connectivity index (χ0v) is 24.1. The third-order valence-corrected chi connectivity index (χ3v) is 7.96. The quantitative estimate of drug-likeness (QED) is 0.159. The Morgan fingerprint density at radius 1 is 0.929 bits per heavy atom. The third kappa shape index (κ3) is 6.27. The van der Waals surface area contributed by atoms with E-state index >= 15 is 4.39 Å². The van der Waals surface area contributed by atoms with E-state index in [1.807, 2.05) is 78.9 Å². The molecule has 2 N–H and O–H groups in total. The van der Waals surface area contributed by atoms with E-state index in [0.717, 1.165) is 16.7 Å². The van der Waals surface area contributed by atoms with Gasteiger partial charge in [-0.3, -0.25) is 0 Å². The predicted molar refractivity (Wildman–Crippen MR) is 155 cm³/mol. The molecule has 1 heterocycles. The first-order chi connectivity index (χ1) is 20.4. The van der Waals surface area contributed by atoms with Gasteiger partial charge < -0.3 is 19.5 Å². The van der Waals surface area contributed by atoms with Crippen LogP contribution in [0.5, 0.6) is 11.5 Å². The van der Waals surface area contributed by atoms with Gasteiger partial charge in [0.25, 0.3) is 0 Å². The average molecular weight is 593 g/mol. The molecule has 1 fully saturated rings. The summed E-state index contributed by atoms with van der Waals surface area (Å²) in [5, 5.41) is 3.08. The van der Waals surface area contributed by atoms with Crippen LogP contribution in [0.4, 0.5) is 10.2 Å². The number of aromatic nitrogens is 2. The second kappa shape index (κ2) is 13.4. The standard InChI is InChI=1S/C31H31FN3O6P/c1-38-25-12-8-23(9-13-25)31(22-6-4-3-5-7-22,24-10-14-26(39-2)15-11-24)40-19-21-18-27(29(32)30(21)41-42(36)37)35-28-16-17-33-20-34-28/h3-17,20-21,27,29-30H,18-19H2,1-2H3,(H-,33,34,35,36,37)/p+1/t21-,27-,29-,30-/m1/s1. The number of hydrogen-bond acceptors (Lipinski definition) is 8. The SMILES string of the molecule is COc1ccc(C(OC[C@H]2C[C@@H](Nc3ccncn3)[C@@H](F)[C@@H]2O[P+](=O)O)(c2ccccc2)c2ccc(OC)cc2)cc1. The van der Waals surface area contributed by atoms with E-state index < -0.39 is 38.1 Å². The van der Waals surface area contributed by atoms with Gasteiger partial charge in [0, 0.05) is 16.7 Å². The molecule has 0 bridgehead atoms. The van der Waals surface area contributed by atoms with Crippen molar-refractivity contribution < 1.29 is 32.6 Å². The highest BCUT2D eigenvalue weighted by atomic mass is 31.1. The summed E-state index contributed by atoms with van der Waals surface area (Å²) in [7, 11) is 0.153. The van der Waals surface area contributed by atoms with E-state index in [1.165, 1.54) is 6.33 Å². The Balaban J connectivity index is 1.54. The van der Waals surface area contributed by atoms with Crippen molar-refractivity contribution >= 4 is 14.1 Å². The summed E-state index contributed by atoms with van der Waals surface area (Å²) >= 11 is 0. The maximum atomic E-state index is 15.8. The van der Waals surface area contributed by atoms with Crippen LogP contribution in [0.1, 0.15) is 23.1 Å². The van der Waals surface area contributed by atoms with Crippen LogP contribution in [-0.2, 0) is 19.4 Å². The molecule has 42 heavy (non-hydrogen) atoms. The van der Waals surface area contributed by atoms with Gasteiger partial charge in [-0.05, 0) is 53.4 Å². The summed E-state index contributed by atoms with van der Waals surface area (Å²) in [5.41, 5.74) is 1.35. The first-order valence-electron chi connectivity index (χ1n) is 13.4. The molecule has 1 aromatic heterocycles. The number of nitrogens with one attached hydrogen (secondary N) is 1. The maximum Gasteiger partial charge on any atom is 0.695 e. The molecular weight excluding hydrogens is 560 g/mol. The molecule has 5 atom stereocenters. The monoisotopic (exact) mass is 592 g/mol. The Hall–Kier alpha value is -3.95. The van der Waals surface area contributed by atoms with Crippen molar-refractivity contribution in [2.75, 3.05) is 26.1 Å². The molecule has 218 valence electrons. The molecular formula is C31H32FN3O6P+. The summed E-state index contributed by atoms with van der Waals surface area (Å²) in [4.78, 5) is 17.6. The van der Waals surface area contributed by atoms with Crippen molar-refractivity contribution in [3.05, 3.63) is 114 Å². The number of anilines is 1. The van der Waals surface area contributed by atoms with Crippen molar-refractivity contribution in [3.63, 3.8) is 0 Å². The topological polar surface area (TPSA) is 112 Å². The van der Waals surface area contributed by atoms with Gasteiger partial charge in [-0.15, -0.1) is 9.42 Å².